The fourth-order valence-electron chi connectivity index (χ4n) is 5.21. The van der Waals surface area contributed by atoms with Crippen LogP contribution >= 0.6 is 0 Å². The number of aromatic hydroxyl groups is 1. The Hall–Kier alpha value is -4.64. The number of benzene rings is 1. The molecule has 1 heterocycles. The summed E-state index contributed by atoms with van der Waals surface area (Å²) in [5.74, 6) is -4.36. The van der Waals surface area contributed by atoms with Crippen LogP contribution in [0.1, 0.15) is 58.4 Å². The highest BCUT2D eigenvalue weighted by Gasteiger charge is 2.40. The number of carbonyl (C=O) groups is 5. The average Bonchev–Trinajstić information content (AvgIpc) is 3.48. The Kier molecular flexibility index (Phi) is 14.7. The number of anilines is 1. The van der Waals surface area contributed by atoms with Gasteiger partial charge in [0.25, 0.3) is 0 Å². The van der Waals surface area contributed by atoms with E-state index in [2.05, 4.69) is 20.9 Å². The van der Waals surface area contributed by atoms with Crippen LogP contribution in [0.3, 0.4) is 0 Å². The molecule has 262 valence electrons. The Labute approximate surface area is 273 Å². The second kappa shape index (κ2) is 17.9. The van der Waals surface area contributed by atoms with Gasteiger partial charge in [0.05, 0.1) is 17.8 Å². The predicted octanol–water partition coefficient (Wildman–Crippen LogP) is -2.15. The number of carbonyl (C=O) groups excluding carboxylic acids is 4. The number of aliphatic carboxylic acids is 1. The monoisotopic (exact) mass is 663 g/mol. The molecule has 0 saturated carbocycles. The van der Waals surface area contributed by atoms with E-state index >= 15 is 0 Å². The van der Waals surface area contributed by atoms with E-state index in [1.54, 1.807) is 0 Å². The number of aliphatic hydroxyl groups is 1. The van der Waals surface area contributed by atoms with Gasteiger partial charge in [-0.3, -0.25) is 24.2 Å². The van der Waals surface area contributed by atoms with Gasteiger partial charge in [-0.15, -0.1) is 0 Å². The van der Waals surface area contributed by atoms with Crippen LogP contribution in [0.25, 0.3) is 0 Å². The first-order valence-electron chi connectivity index (χ1n) is 15.5. The van der Waals surface area contributed by atoms with Gasteiger partial charge in [0.1, 0.15) is 23.9 Å². The Balaban J connectivity index is 2.29. The lowest BCUT2D eigenvalue weighted by Gasteiger charge is -2.31. The Morgan fingerprint density at radius 2 is 1.70 bits per heavy atom. The highest BCUT2D eigenvalue weighted by Crippen LogP contribution is 2.23. The van der Waals surface area contributed by atoms with Crippen molar-refractivity contribution < 1.29 is 39.3 Å². The largest absolute Gasteiger partial charge is 0.506 e. The van der Waals surface area contributed by atoms with Crippen molar-refractivity contribution in [2.75, 3.05) is 18.8 Å². The number of nitrogens with zero attached hydrogens (tertiary/aromatic N) is 2. The molecular weight excluding hydrogens is 614 g/mol. The van der Waals surface area contributed by atoms with Crippen molar-refractivity contribution in [2.24, 2.45) is 28.1 Å². The predicted molar refractivity (Wildman–Crippen MR) is 173 cm³/mol. The topological polar surface area (TPSA) is 302 Å². The van der Waals surface area contributed by atoms with Crippen LogP contribution in [-0.2, 0) is 30.4 Å². The number of phenols is 1. The van der Waals surface area contributed by atoms with Gasteiger partial charge in [-0.2, -0.15) is 0 Å². The molecule has 1 saturated heterocycles. The number of rotatable bonds is 17. The molecule has 47 heavy (non-hydrogen) atoms. The van der Waals surface area contributed by atoms with Crippen LogP contribution in [0.5, 0.6) is 5.75 Å². The molecule has 1 aromatic rings. The van der Waals surface area contributed by atoms with Gasteiger partial charge in [-0.05, 0) is 62.6 Å². The summed E-state index contributed by atoms with van der Waals surface area (Å²) in [5, 5.41) is 36.7. The smallest absolute Gasteiger partial charge is 0.328 e. The molecule has 1 aromatic carbocycles. The summed E-state index contributed by atoms with van der Waals surface area (Å²) in [4.78, 5) is 70.4. The molecule has 0 radical (unpaired) electrons. The van der Waals surface area contributed by atoms with E-state index in [1.807, 2.05) is 13.8 Å². The van der Waals surface area contributed by atoms with Crippen molar-refractivity contribution in [3.05, 3.63) is 23.8 Å². The maximum atomic E-state index is 13.9. The van der Waals surface area contributed by atoms with Crippen molar-refractivity contribution in [1.29, 1.82) is 0 Å². The van der Waals surface area contributed by atoms with Crippen LogP contribution in [0.4, 0.5) is 5.69 Å². The van der Waals surface area contributed by atoms with Gasteiger partial charge in [-0.25, -0.2) is 4.79 Å². The maximum Gasteiger partial charge on any atom is 0.328 e. The molecule has 1 aliphatic heterocycles. The van der Waals surface area contributed by atoms with Crippen LogP contribution in [-0.4, -0.2) is 105 Å². The van der Waals surface area contributed by atoms with E-state index in [9.17, 15) is 39.3 Å². The number of nitrogens with two attached hydrogens (primary N) is 4. The number of hydrogen-bond acceptors (Lipinski definition) is 10. The van der Waals surface area contributed by atoms with Gasteiger partial charge in [0, 0.05) is 19.5 Å². The zero-order valence-corrected chi connectivity index (χ0v) is 27.0. The molecule has 14 N–H and O–H groups in total. The zero-order chi connectivity index (χ0) is 35.4. The minimum atomic E-state index is -1.57. The van der Waals surface area contributed by atoms with E-state index in [1.165, 1.54) is 30.0 Å². The fraction of sp³-hybridized carbons (Fsp3) is 0.600. The number of aliphatic imine (C=N–C) groups is 1. The van der Waals surface area contributed by atoms with Crippen LogP contribution in [0, 0.1) is 5.92 Å². The van der Waals surface area contributed by atoms with Crippen molar-refractivity contribution in [3.63, 3.8) is 0 Å². The van der Waals surface area contributed by atoms with E-state index in [0.717, 1.165) is 0 Å². The molecule has 17 heteroatoms. The van der Waals surface area contributed by atoms with Crippen molar-refractivity contribution in [2.45, 2.75) is 95.6 Å². The molecule has 0 unspecified atom stereocenters. The third-order valence-corrected chi connectivity index (χ3v) is 7.68. The molecule has 6 atom stereocenters. The quantitative estimate of drug-likeness (QED) is 0.0281. The van der Waals surface area contributed by atoms with E-state index in [4.69, 9.17) is 22.9 Å². The van der Waals surface area contributed by atoms with E-state index in [-0.39, 0.29) is 62.1 Å². The lowest BCUT2D eigenvalue weighted by atomic mass is 9.99. The fourth-order valence-corrected chi connectivity index (χ4v) is 5.21. The standard InChI is InChI=1S/C30H49N9O8/c1-15(2)12-21(28(45)39-11-5-7-22(39)27(44)38-24(16(3)40)29(46)47)37-26(43)20(14-17-8-9-23(41)19(32)13-17)36-25(42)18(31)6-4-10-35-30(33)34/h8-9,13,15-16,18,20-22,24,40-41H,4-7,10-12,14,31-32H2,1-3H3,(H,36,42)(H,37,43)(H,38,44)(H,46,47)(H4,33,34,35)/t16-,18+,20+,21+,22+,24+/m1/s1. The van der Waals surface area contributed by atoms with Gasteiger partial charge in [-0.1, -0.05) is 19.9 Å². The van der Waals surface area contributed by atoms with Crippen molar-refractivity contribution in [3.8, 4) is 5.75 Å². The van der Waals surface area contributed by atoms with E-state index in [0.29, 0.717) is 18.4 Å². The lowest BCUT2D eigenvalue weighted by Crippen LogP contribution is -2.59. The Morgan fingerprint density at radius 3 is 2.28 bits per heavy atom. The molecule has 1 aliphatic rings. The van der Waals surface area contributed by atoms with Crippen LogP contribution in [0.2, 0.25) is 0 Å². The van der Waals surface area contributed by atoms with Crippen LogP contribution in [0.15, 0.2) is 23.2 Å². The van der Waals surface area contributed by atoms with Crippen LogP contribution < -0.4 is 38.9 Å². The second-order valence-electron chi connectivity index (χ2n) is 12.2. The van der Waals surface area contributed by atoms with Crippen molar-refractivity contribution in [1.82, 2.24) is 20.9 Å². The Morgan fingerprint density at radius 1 is 1.04 bits per heavy atom. The minimum Gasteiger partial charge on any atom is -0.506 e. The molecule has 17 nitrogen and oxygen atoms in total. The first-order chi connectivity index (χ1) is 22.0. The summed E-state index contributed by atoms with van der Waals surface area (Å²) >= 11 is 0. The summed E-state index contributed by atoms with van der Waals surface area (Å²) in [6.45, 7) is 5.37. The molecule has 0 aromatic heterocycles. The SMILES string of the molecule is CC(C)C[C@H](NC(=O)[C@H](Cc1ccc(O)c(N)c1)NC(=O)[C@@H](N)CCCN=C(N)N)C(=O)N1CCC[C@H]1C(=O)N[C@H](C(=O)O)[C@@H](C)O. The average molecular weight is 664 g/mol. The first-order valence-corrected chi connectivity index (χ1v) is 15.5. The zero-order valence-electron chi connectivity index (χ0n) is 27.0. The molecule has 4 amide bonds. The summed E-state index contributed by atoms with van der Waals surface area (Å²) in [6, 6.07) is -1.54. The molecule has 1 fully saturated rings. The van der Waals surface area contributed by atoms with Crippen molar-refractivity contribution >= 4 is 41.2 Å². The summed E-state index contributed by atoms with van der Waals surface area (Å²) < 4.78 is 0. The van der Waals surface area contributed by atoms with E-state index < -0.39 is 65.9 Å². The number of nitrogens with one attached hydrogen (secondary N) is 3. The summed E-state index contributed by atoms with van der Waals surface area (Å²) in [6.07, 6.45) is 0.0892. The molecular formula is C30H49N9O8. The molecule has 0 spiro atoms. The number of guanidine groups is 1. The number of carboxylic acids is 1. The maximum absolute atomic E-state index is 13.9. The number of amides is 4. The number of likely N-dealkylation sites (tertiary alicyclic amines) is 1. The lowest BCUT2D eigenvalue weighted by molar-refractivity contribution is -0.147. The summed E-state index contributed by atoms with van der Waals surface area (Å²) in [5.41, 5.74) is 23.1. The first kappa shape index (κ1) is 38.5. The molecule has 2 rings (SSSR count). The number of nitrogen functional groups attached to an aromatic ring is 1. The van der Waals surface area contributed by atoms with Gasteiger partial charge in [0.15, 0.2) is 12.0 Å². The second-order valence-corrected chi connectivity index (χ2v) is 12.2. The van der Waals surface area contributed by atoms with Gasteiger partial charge in [0.2, 0.25) is 23.6 Å². The number of phenolic OH excluding ortho intramolecular Hbond substituents is 1. The number of aliphatic hydroxyl groups excluding tert-OH is 1. The third kappa shape index (κ3) is 11.9. The molecule has 0 bridgehead atoms. The normalized spacial score (nSPS) is 17.6. The molecule has 0 aliphatic carbocycles. The van der Waals surface area contributed by atoms with Gasteiger partial charge < -0.3 is 59.1 Å². The highest BCUT2D eigenvalue weighted by molar-refractivity contribution is 5.96. The minimum absolute atomic E-state index is 0.0595. The summed E-state index contributed by atoms with van der Waals surface area (Å²) in [7, 11) is 0. The Bertz CT molecular complexity index is 1300. The third-order valence-electron chi connectivity index (χ3n) is 7.68. The van der Waals surface area contributed by atoms with Gasteiger partial charge >= 0.3 is 5.97 Å². The number of hydrogen-bond donors (Lipinski definition) is 10. The number of carboxylic acid groups (broad SMARTS) is 1. The highest BCUT2D eigenvalue weighted by atomic mass is 16.4.